The molecule has 0 aromatic carbocycles. The van der Waals surface area contributed by atoms with Gasteiger partial charge >= 0.3 is 0 Å². The number of aryl methyl sites for hydroxylation is 1. The van der Waals surface area contributed by atoms with Crippen molar-refractivity contribution in [2.75, 3.05) is 11.9 Å². The summed E-state index contributed by atoms with van der Waals surface area (Å²) in [6.07, 6.45) is 0. The number of halogens is 1. The molecule has 4 nitrogen and oxygen atoms in total. The number of hydrogen-bond acceptors (Lipinski definition) is 3. The molecular formula is C8H7ClN2O2. The third-order valence-corrected chi connectivity index (χ3v) is 1.93. The Labute approximate surface area is 79.9 Å². The molecule has 0 aliphatic carbocycles. The fourth-order valence-corrected chi connectivity index (χ4v) is 1.44. The molecule has 0 radical (unpaired) electrons. The molecule has 1 N–H and O–H groups in total. The van der Waals surface area contributed by atoms with Crippen molar-refractivity contribution in [3.05, 3.63) is 16.8 Å². The van der Waals surface area contributed by atoms with Gasteiger partial charge in [0, 0.05) is 0 Å². The van der Waals surface area contributed by atoms with Crippen LogP contribution < -0.4 is 10.1 Å². The van der Waals surface area contributed by atoms with Gasteiger partial charge in [-0.1, -0.05) is 11.6 Å². The maximum Gasteiger partial charge on any atom is 0.263 e. The summed E-state index contributed by atoms with van der Waals surface area (Å²) < 4.78 is 5.19. The molecule has 0 bridgehead atoms. The van der Waals surface area contributed by atoms with E-state index in [1.807, 2.05) is 6.92 Å². The zero-order chi connectivity index (χ0) is 9.42. The number of carbonyl (C=O) groups is 1. The van der Waals surface area contributed by atoms with Crippen LogP contribution in [0.5, 0.6) is 5.75 Å². The number of ether oxygens (including phenoxy) is 1. The third kappa shape index (κ3) is 1.45. The molecule has 0 unspecified atom stereocenters. The van der Waals surface area contributed by atoms with Crippen LogP contribution >= 0.6 is 11.6 Å². The summed E-state index contributed by atoms with van der Waals surface area (Å²) in [5.41, 5.74) is 0.870. The van der Waals surface area contributed by atoms with Gasteiger partial charge in [-0.3, -0.25) is 4.79 Å². The normalized spacial score (nSPS) is 14.5. The van der Waals surface area contributed by atoms with Crippen molar-refractivity contribution < 1.29 is 9.53 Å². The van der Waals surface area contributed by atoms with Crippen molar-refractivity contribution in [1.82, 2.24) is 4.98 Å². The van der Waals surface area contributed by atoms with E-state index in [4.69, 9.17) is 16.3 Å². The molecule has 0 atom stereocenters. The molecule has 0 fully saturated rings. The monoisotopic (exact) mass is 198 g/mol. The van der Waals surface area contributed by atoms with Crippen LogP contribution in [0.4, 0.5) is 5.82 Å². The van der Waals surface area contributed by atoms with Crippen molar-refractivity contribution in [2.24, 2.45) is 0 Å². The molecule has 68 valence electrons. The second kappa shape index (κ2) is 2.88. The van der Waals surface area contributed by atoms with Crippen molar-refractivity contribution in [1.29, 1.82) is 0 Å². The van der Waals surface area contributed by atoms with E-state index in [0.29, 0.717) is 16.7 Å². The van der Waals surface area contributed by atoms with Crippen LogP contribution in [0, 0.1) is 6.92 Å². The lowest BCUT2D eigenvalue weighted by molar-refractivity contribution is -0.118. The van der Waals surface area contributed by atoms with Crippen molar-refractivity contribution in [3.8, 4) is 5.75 Å². The van der Waals surface area contributed by atoms with Crippen molar-refractivity contribution in [3.63, 3.8) is 0 Å². The lowest BCUT2D eigenvalue weighted by Gasteiger charge is -2.18. The Morgan fingerprint density at radius 1 is 1.69 bits per heavy atom. The van der Waals surface area contributed by atoms with Crippen molar-refractivity contribution in [2.45, 2.75) is 6.92 Å². The first kappa shape index (κ1) is 8.31. The number of hydrogen-bond donors (Lipinski definition) is 1. The Kier molecular flexibility index (Phi) is 1.84. The van der Waals surface area contributed by atoms with E-state index in [1.165, 1.54) is 0 Å². The summed E-state index contributed by atoms with van der Waals surface area (Å²) >= 11 is 5.71. The molecule has 5 heteroatoms. The molecule has 1 aliphatic rings. The van der Waals surface area contributed by atoms with E-state index in [0.717, 1.165) is 5.56 Å². The molecular weight excluding hydrogens is 192 g/mol. The molecule has 0 saturated carbocycles. The van der Waals surface area contributed by atoms with Crippen LogP contribution in [-0.2, 0) is 4.79 Å². The van der Waals surface area contributed by atoms with Crippen LogP contribution in [-0.4, -0.2) is 17.5 Å². The lowest BCUT2D eigenvalue weighted by Crippen LogP contribution is -2.26. The number of nitrogens with zero attached hydrogens (tertiary/aromatic N) is 1. The molecule has 2 heterocycles. The molecule has 0 saturated heterocycles. The van der Waals surface area contributed by atoms with Crippen LogP contribution in [0.2, 0.25) is 5.15 Å². The number of nitrogens with one attached hydrogen (secondary N) is 1. The van der Waals surface area contributed by atoms with E-state index in [9.17, 15) is 4.79 Å². The predicted molar refractivity (Wildman–Crippen MR) is 48.1 cm³/mol. The minimum Gasteiger partial charge on any atom is -0.480 e. The van der Waals surface area contributed by atoms with E-state index >= 15 is 0 Å². The summed E-state index contributed by atoms with van der Waals surface area (Å²) in [6.45, 7) is 1.89. The second-order valence-electron chi connectivity index (χ2n) is 2.78. The molecule has 1 aromatic rings. The smallest absolute Gasteiger partial charge is 0.263 e. The lowest BCUT2D eigenvalue weighted by atomic mass is 10.2. The molecule has 1 aliphatic heterocycles. The van der Waals surface area contributed by atoms with Gasteiger partial charge in [0.1, 0.15) is 5.15 Å². The average molecular weight is 199 g/mol. The van der Waals surface area contributed by atoms with Gasteiger partial charge < -0.3 is 10.1 Å². The Bertz CT molecular complexity index is 379. The van der Waals surface area contributed by atoms with Crippen molar-refractivity contribution >= 4 is 23.3 Å². The Balaban J connectivity index is 2.53. The fraction of sp³-hybridized carbons (Fsp3) is 0.250. The van der Waals surface area contributed by atoms with E-state index in [-0.39, 0.29) is 12.5 Å². The minimum atomic E-state index is -0.207. The van der Waals surface area contributed by atoms with E-state index < -0.39 is 0 Å². The van der Waals surface area contributed by atoms with Gasteiger partial charge in [0.2, 0.25) is 0 Å². The summed E-state index contributed by atoms with van der Waals surface area (Å²) in [7, 11) is 0. The maximum atomic E-state index is 10.9. The molecule has 13 heavy (non-hydrogen) atoms. The number of carbonyl (C=O) groups excluding carboxylic acids is 1. The second-order valence-corrected chi connectivity index (χ2v) is 3.16. The number of anilines is 1. The zero-order valence-corrected chi connectivity index (χ0v) is 7.68. The van der Waals surface area contributed by atoms with E-state index in [1.54, 1.807) is 6.07 Å². The topological polar surface area (TPSA) is 51.2 Å². The predicted octanol–water partition coefficient (Wildman–Crippen LogP) is 1.37. The quantitative estimate of drug-likeness (QED) is 0.641. The third-order valence-electron chi connectivity index (χ3n) is 1.73. The van der Waals surface area contributed by atoms with Crippen LogP contribution in [0.25, 0.3) is 0 Å². The van der Waals surface area contributed by atoms with Crippen LogP contribution in [0.1, 0.15) is 5.56 Å². The molecule has 1 amide bonds. The van der Waals surface area contributed by atoms with Gasteiger partial charge in [0.15, 0.2) is 18.2 Å². The van der Waals surface area contributed by atoms with Gasteiger partial charge in [-0.2, -0.15) is 0 Å². The summed E-state index contributed by atoms with van der Waals surface area (Å²) in [5.74, 6) is 0.798. The number of fused-ring (bicyclic) bond motifs is 1. The fourth-order valence-electron chi connectivity index (χ4n) is 1.19. The van der Waals surface area contributed by atoms with Gasteiger partial charge in [-0.05, 0) is 18.6 Å². The highest BCUT2D eigenvalue weighted by molar-refractivity contribution is 6.29. The summed E-state index contributed by atoms with van der Waals surface area (Å²) in [5, 5.41) is 2.93. The molecule has 2 rings (SSSR count). The summed E-state index contributed by atoms with van der Waals surface area (Å²) in [4.78, 5) is 14.9. The minimum absolute atomic E-state index is 0.0388. The largest absolute Gasteiger partial charge is 0.480 e. The van der Waals surface area contributed by atoms with Gasteiger partial charge in [-0.25, -0.2) is 4.98 Å². The number of aromatic nitrogens is 1. The highest BCUT2D eigenvalue weighted by Gasteiger charge is 2.19. The highest BCUT2D eigenvalue weighted by atomic mass is 35.5. The zero-order valence-electron chi connectivity index (χ0n) is 6.93. The first-order valence-corrected chi connectivity index (χ1v) is 4.14. The average Bonchev–Trinajstić information content (AvgIpc) is 2.02. The Morgan fingerprint density at radius 3 is 3.23 bits per heavy atom. The Hall–Kier alpha value is -1.29. The highest BCUT2D eigenvalue weighted by Crippen LogP contribution is 2.31. The molecule has 1 aromatic heterocycles. The summed E-state index contributed by atoms with van der Waals surface area (Å²) in [6, 6.07) is 1.69. The van der Waals surface area contributed by atoms with Crippen LogP contribution in [0.15, 0.2) is 6.07 Å². The standard InChI is InChI=1S/C8H7ClN2O2/c1-4-2-5(9)10-8-7(4)13-3-6(12)11-8/h2H,3H2,1H3,(H,10,11,12). The number of rotatable bonds is 0. The maximum absolute atomic E-state index is 10.9. The molecule has 0 spiro atoms. The Morgan fingerprint density at radius 2 is 2.46 bits per heavy atom. The van der Waals surface area contributed by atoms with Gasteiger partial charge in [0.25, 0.3) is 5.91 Å². The van der Waals surface area contributed by atoms with Gasteiger partial charge in [0.05, 0.1) is 0 Å². The van der Waals surface area contributed by atoms with Crippen LogP contribution in [0.3, 0.4) is 0 Å². The SMILES string of the molecule is Cc1cc(Cl)nc2c1OCC(=O)N2. The van der Waals surface area contributed by atoms with E-state index in [2.05, 4.69) is 10.3 Å². The number of pyridine rings is 1. The first-order valence-electron chi connectivity index (χ1n) is 3.76. The number of amides is 1. The van der Waals surface area contributed by atoms with Gasteiger partial charge in [-0.15, -0.1) is 0 Å². The first-order chi connectivity index (χ1) is 6.16.